The largest absolute Gasteiger partial charge is 0.298 e. The van der Waals surface area contributed by atoms with E-state index in [9.17, 15) is 4.79 Å². The number of alkyl halides is 1. The Labute approximate surface area is 88.1 Å². The number of Topliss-reactive ketones (excluding diaryl/α,β-unsaturated/α-hetero) is 1. The molecule has 0 saturated carbocycles. The second kappa shape index (κ2) is 4.78. The van der Waals surface area contributed by atoms with Gasteiger partial charge >= 0.3 is 0 Å². The molecule has 2 nitrogen and oxygen atoms in total. The summed E-state index contributed by atoms with van der Waals surface area (Å²) in [6, 6.07) is 7.45. The Balaban J connectivity index is 2.88. The maximum absolute atomic E-state index is 11.1. The topological polar surface area (TPSA) is 40.9 Å². The molecule has 0 aliphatic rings. The second-order valence-corrected chi connectivity index (χ2v) is 3.38. The van der Waals surface area contributed by atoms with Gasteiger partial charge in [-0.1, -0.05) is 12.1 Å². The standard InChI is InChI=1S/C11H10ClNO/c1-8-4-9(5-11(14)6-12)2-3-10(8)7-13/h2-4H,5-6H2,1H3. The van der Waals surface area contributed by atoms with Gasteiger partial charge in [-0.15, -0.1) is 11.6 Å². The Morgan fingerprint density at radius 2 is 2.29 bits per heavy atom. The van der Waals surface area contributed by atoms with E-state index in [1.54, 1.807) is 12.1 Å². The van der Waals surface area contributed by atoms with Gasteiger partial charge in [-0.25, -0.2) is 0 Å². The van der Waals surface area contributed by atoms with Crippen LogP contribution in [0.3, 0.4) is 0 Å². The number of hydrogen-bond donors (Lipinski definition) is 0. The molecule has 0 radical (unpaired) electrons. The van der Waals surface area contributed by atoms with Crippen molar-refractivity contribution in [3.8, 4) is 6.07 Å². The van der Waals surface area contributed by atoms with Crippen molar-refractivity contribution in [3.05, 3.63) is 34.9 Å². The van der Waals surface area contributed by atoms with Crippen LogP contribution in [0.4, 0.5) is 0 Å². The summed E-state index contributed by atoms with van der Waals surface area (Å²) in [5.74, 6) is 0.0368. The molecule has 1 aromatic rings. The van der Waals surface area contributed by atoms with E-state index in [2.05, 4.69) is 6.07 Å². The molecule has 0 fully saturated rings. The zero-order valence-corrected chi connectivity index (χ0v) is 8.64. The first-order chi connectivity index (χ1) is 6.67. The molecular formula is C11H10ClNO. The van der Waals surface area contributed by atoms with Crippen molar-refractivity contribution in [1.29, 1.82) is 5.26 Å². The average molecular weight is 208 g/mol. The number of rotatable bonds is 3. The molecule has 0 N–H and O–H groups in total. The Bertz CT molecular complexity index is 393. The molecule has 0 heterocycles. The van der Waals surface area contributed by atoms with Crippen molar-refractivity contribution in [1.82, 2.24) is 0 Å². The minimum atomic E-state index is -0.00391. The molecule has 0 unspecified atom stereocenters. The maximum atomic E-state index is 11.1. The Kier molecular flexibility index (Phi) is 3.67. The van der Waals surface area contributed by atoms with Gasteiger partial charge in [0.1, 0.15) is 0 Å². The lowest BCUT2D eigenvalue weighted by molar-refractivity contribution is -0.116. The molecule has 0 aromatic heterocycles. The summed E-state index contributed by atoms with van der Waals surface area (Å²) in [4.78, 5) is 11.1. The fraction of sp³-hybridized carbons (Fsp3) is 0.273. The maximum Gasteiger partial charge on any atom is 0.151 e. The summed E-state index contributed by atoms with van der Waals surface area (Å²) in [6.07, 6.45) is 0.343. The van der Waals surface area contributed by atoms with Gasteiger partial charge in [0.15, 0.2) is 5.78 Å². The third-order valence-electron chi connectivity index (χ3n) is 1.96. The summed E-state index contributed by atoms with van der Waals surface area (Å²) in [7, 11) is 0. The monoisotopic (exact) mass is 207 g/mol. The molecule has 72 valence electrons. The summed E-state index contributed by atoms with van der Waals surface area (Å²) in [6.45, 7) is 1.85. The van der Waals surface area contributed by atoms with E-state index in [1.165, 1.54) is 0 Å². The normalized spacial score (nSPS) is 9.50. The van der Waals surface area contributed by atoms with Gasteiger partial charge in [0, 0.05) is 6.42 Å². The highest BCUT2D eigenvalue weighted by molar-refractivity contribution is 6.27. The van der Waals surface area contributed by atoms with E-state index in [4.69, 9.17) is 16.9 Å². The smallest absolute Gasteiger partial charge is 0.151 e. The van der Waals surface area contributed by atoms with Crippen LogP contribution < -0.4 is 0 Å². The van der Waals surface area contributed by atoms with Gasteiger partial charge in [-0.2, -0.15) is 5.26 Å². The highest BCUT2D eigenvalue weighted by atomic mass is 35.5. The summed E-state index contributed by atoms with van der Waals surface area (Å²) in [5, 5.41) is 8.70. The highest BCUT2D eigenvalue weighted by Gasteiger charge is 2.03. The van der Waals surface area contributed by atoms with Gasteiger partial charge in [0.05, 0.1) is 17.5 Å². The summed E-state index contributed by atoms with van der Waals surface area (Å²) >= 11 is 5.40. The number of aryl methyl sites for hydroxylation is 1. The molecule has 3 heteroatoms. The number of carbonyl (C=O) groups is 1. The number of carbonyl (C=O) groups excluding carboxylic acids is 1. The fourth-order valence-electron chi connectivity index (χ4n) is 1.24. The van der Waals surface area contributed by atoms with E-state index >= 15 is 0 Å². The summed E-state index contributed by atoms with van der Waals surface area (Å²) in [5.41, 5.74) is 2.45. The van der Waals surface area contributed by atoms with Crippen molar-refractivity contribution in [3.63, 3.8) is 0 Å². The van der Waals surface area contributed by atoms with Crippen LogP contribution in [0.1, 0.15) is 16.7 Å². The minimum absolute atomic E-state index is 0.00391. The van der Waals surface area contributed by atoms with Crippen LogP contribution in [0, 0.1) is 18.3 Å². The van der Waals surface area contributed by atoms with E-state index in [-0.39, 0.29) is 11.7 Å². The van der Waals surface area contributed by atoms with Crippen LogP contribution in [0.2, 0.25) is 0 Å². The first-order valence-electron chi connectivity index (χ1n) is 4.24. The van der Waals surface area contributed by atoms with Crippen molar-refractivity contribution < 1.29 is 4.79 Å². The van der Waals surface area contributed by atoms with Crippen molar-refractivity contribution in [2.75, 3.05) is 5.88 Å². The van der Waals surface area contributed by atoms with E-state index in [0.29, 0.717) is 12.0 Å². The lowest BCUT2D eigenvalue weighted by Crippen LogP contribution is -2.04. The molecule has 0 spiro atoms. The molecule has 1 rings (SSSR count). The van der Waals surface area contributed by atoms with Crippen LogP contribution in [0.25, 0.3) is 0 Å². The van der Waals surface area contributed by atoms with Crippen molar-refractivity contribution in [2.24, 2.45) is 0 Å². The zero-order valence-electron chi connectivity index (χ0n) is 7.88. The SMILES string of the molecule is Cc1cc(CC(=O)CCl)ccc1C#N. The molecule has 1 aromatic carbocycles. The second-order valence-electron chi connectivity index (χ2n) is 3.11. The molecule has 0 aliphatic heterocycles. The van der Waals surface area contributed by atoms with Crippen LogP contribution in [-0.2, 0) is 11.2 Å². The van der Waals surface area contributed by atoms with Crippen LogP contribution in [0.5, 0.6) is 0 Å². The lowest BCUT2D eigenvalue weighted by Gasteiger charge is -2.01. The lowest BCUT2D eigenvalue weighted by atomic mass is 10.0. The number of halogens is 1. The number of nitrogens with zero attached hydrogens (tertiary/aromatic N) is 1. The zero-order chi connectivity index (χ0) is 10.6. The fourth-order valence-corrected chi connectivity index (χ4v) is 1.33. The highest BCUT2D eigenvalue weighted by Crippen LogP contribution is 2.10. The summed E-state index contributed by atoms with van der Waals surface area (Å²) < 4.78 is 0. The van der Waals surface area contributed by atoms with Crippen LogP contribution >= 0.6 is 11.6 Å². The molecule has 0 aliphatic carbocycles. The average Bonchev–Trinajstić information content (AvgIpc) is 2.18. The van der Waals surface area contributed by atoms with Gasteiger partial charge in [0.2, 0.25) is 0 Å². The molecule has 0 bridgehead atoms. The number of nitriles is 1. The quantitative estimate of drug-likeness (QED) is 0.714. The number of hydrogen-bond acceptors (Lipinski definition) is 2. The third kappa shape index (κ3) is 2.58. The number of benzene rings is 1. The molecular weight excluding hydrogens is 198 g/mol. The van der Waals surface area contributed by atoms with Crippen molar-refractivity contribution >= 4 is 17.4 Å². The van der Waals surface area contributed by atoms with E-state index in [1.807, 2.05) is 13.0 Å². The first-order valence-corrected chi connectivity index (χ1v) is 4.78. The van der Waals surface area contributed by atoms with Gasteiger partial charge < -0.3 is 0 Å². The molecule has 0 atom stereocenters. The predicted molar refractivity (Wildman–Crippen MR) is 55.3 cm³/mol. The van der Waals surface area contributed by atoms with Crippen LogP contribution in [0.15, 0.2) is 18.2 Å². The van der Waals surface area contributed by atoms with Crippen molar-refractivity contribution in [2.45, 2.75) is 13.3 Å². The minimum Gasteiger partial charge on any atom is -0.298 e. The van der Waals surface area contributed by atoms with Gasteiger partial charge in [-0.05, 0) is 24.1 Å². The number of ketones is 1. The third-order valence-corrected chi connectivity index (χ3v) is 2.26. The predicted octanol–water partition coefficient (Wildman–Crippen LogP) is 2.22. The first kappa shape index (κ1) is 10.7. The van der Waals surface area contributed by atoms with E-state index in [0.717, 1.165) is 11.1 Å². The Hall–Kier alpha value is -1.33. The Morgan fingerprint density at radius 3 is 2.79 bits per heavy atom. The Morgan fingerprint density at radius 1 is 1.57 bits per heavy atom. The molecule has 0 amide bonds. The van der Waals surface area contributed by atoms with Crippen LogP contribution in [-0.4, -0.2) is 11.7 Å². The molecule has 0 saturated heterocycles. The van der Waals surface area contributed by atoms with Gasteiger partial charge in [-0.3, -0.25) is 4.79 Å². The van der Waals surface area contributed by atoms with E-state index < -0.39 is 0 Å². The van der Waals surface area contributed by atoms with Gasteiger partial charge in [0.25, 0.3) is 0 Å². The molecule has 14 heavy (non-hydrogen) atoms.